The number of aromatic nitrogens is 3. The normalized spacial score (nSPS) is 19.0. The van der Waals surface area contributed by atoms with Gasteiger partial charge in [-0.2, -0.15) is 0 Å². The van der Waals surface area contributed by atoms with Crippen LogP contribution in [0.1, 0.15) is 49.9 Å². The number of fused-ring (bicyclic) bond motifs is 1. The maximum Gasteiger partial charge on any atom is 0.223 e. The molecule has 3 heterocycles. The van der Waals surface area contributed by atoms with Crippen LogP contribution in [0.2, 0.25) is 0 Å². The van der Waals surface area contributed by atoms with E-state index in [1.165, 1.54) is 0 Å². The van der Waals surface area contributed by atoms with Gasteiger partial charge in [-0.25, -0.2) is 0 Å². The molecule has 0 saturated carbocycles. The second-order valence-corrected chi connectivity index (χ2v) is 9.20. The predicted molar refractivity (Wildman–Crippen MR) is 125 cm³/mol. The number of hydrogen-bond acceptors (Lipinski definition) is 7. The van der Waals surface area contributed by atoms with Crippen LogP contribution in [0.3, 0.4) is 0 Å². The zero-order chi connectivity index (χ0) is 23.4. The number of carbonyl (C=O) groups is 1. The zero-order valence-electron chi connectivity index (χ0n) is 20.0. The first kappa shape index (κ1) is 23.5. The van der Waals surface area contributed by atoms with Gasteiger partial charge in [0.1, 0.15) is 5.82 Å². The maximum atomic E-state index is 12.8. The molecule has 2 aromatic rings. The standard InChI is InChI=1S/C24H36N6O3/c1-4-33-21-15-18(5-6-20(21)31)16-29-12-9-22-26-27-23(30(22)14-13-29)17(2)25-24(32)19-7-10-28(3)11-8-19/h5-6,15,17,19,31H,4,7-14,16H2,1-3H3,(H,25,32). The largest absolute Gasteiger partial charge is 0.504 e. The van der Waals surface area contributed by atoms with Gasteiger partial charge in [0.25, 0.3) is 0 Å². The minimum absolute atomic E-state index is 0.0811. The second-order valence-electron chi connectivity index (χ2n) is 9.20. The number of ether oxygens (including phenoxy) is 1. The Labute approximate surface area is 195 Å². The molecule has 1 fully saturated rings. The van der Waals surface area contributed by atoms with Crippen LogP contribution >= 0.6 is 0 Å². The smallest absolute Gasteiger partial charge is 0.223 e. The summed E-state index contributed by atoms with van der Waals surface area (Å²) in [7, 11) is 2.10. The van der Waals surface area contributed by atoms with Crippen LogP contribution in [-0.2, 0) is 24.3 Å². The summed E-state index contributed by atoms with van der Waals surface area (Å²) in [6.45, 7) is 9.65. The van der Waals surface area contributed by atoms with Crippen LogP contribution in [0, 0.1) is 5.92 Å². The van der Waals surface area contributed by atoms with Crippen molar-refractivity contribution in [2.45, 2.75) is 52.2 Å². The predicted octanol–water partition coefficient (Wildman–Crippen LogP) is 1.96. The Morgan fingerprint density at radius 2 is 2.00 bits per heavy atom. The molecule has 1 atom stereocenters. The third kappa shape index (κ3) is 5.65. The number of rotatable bonds is 7. The van der Waals surface area contributed by atoms with Crippen molar-refractivity contribution in [1.29, 1.82) is 0 Å². The van der Waals surface area contributed by atoms with Crippen LogP contribution in [0.4, 0.5) is 0 Å². The van der Waals surface area contributed by atoms with E-state index in [2.05, 4.69) is 36.9 Å². The summed E-state index contributed by atoms with van der Waals surface area (Å²) in [6, 6.07) is 5.38. The topological polar surface area (TPSA) is 95.7 Å². The SMILES string of the molecule is CCOc1cc(CN2CCc3nnc(C(C)NC(=O)C4CCN(C)CC4)n3CC2)ccc1O. The molecule has 0 spiro atoms. The van der Waals surface area contributed by atoms with Gasteiger partial charge in [0.15, 0.2) is 17.3 Å². The van der Waals surface area contributed by atoms with Crippen LogP contribution in [0.25, 0.3) is 0 Å². The lowest BCUT2D eigenvalue weighted by atomic mass is 9.96. The molecule has 0 bridgehead atoms. The van der Waals surface area contributed by atoms with Gasteiger partial charge in [-0.05, 0) is 64.5 Å². The van der Waals surface area contributed by atoms with E-state index < -0.39 is 0 Å². The van der Waals surface area contributed by atoms with Crippen molar-refractivity contribution < 1.29 is 14.6 Å². The number of hydrogen-bond donors (Lipinski definition) is 2. The van der Waals surface area contributed by atoms with Crippen molar-refractivity contribution in [2.75, 3.05) is 39.8 Å². The first-order valence-corrected chi connectivity index (χ1v) is 12.0. The molecule has 0 radical (unpaired) electrons. The summed E-state index contributed by atoms with van der Waals surface area (Å²) in [5.41, 5.74) is 1.10. The Morgan fingerprint density at radius 3 is 2.76 bits per heavy atom. The number of nitrogens with one attached hydrogen (secondary N) is 1. The lowest BCUT2D eigenvalue weighted by Gasteiger charge is -2.29. The van der Waals surface area contributed by atoms with E-state index in [4.69, 9.17) is 4.74 Å². The summed E-state index contributed by atoms with van der Waals surface area (Å²) in [5.74, 6) is 2.70. The molecule has 2 aliphatic heterocycles. The minimum atomic E-state index is -0.171. The van der Waals surface area contributed by atoms with E-state index >= 15 is 0 Å². The summed E-state index contributed by atoms with van der Waals surface area (Å²) >= 11 is 0. The van der Waals surface area contributed by atoms with Crippen LogP contribution in [0.15, 0.2) is 18.2 Å². The zero-order valence-corrected chi connectivity index (χ0v) is 20.0. The summed E-state index contributed by atoms with van der Waals surface area (Å²) in [5, 5.41) is 22.0. The Hall–Kier alpha value is -2.65. The maximum absolute atomic E-state index is 12.8. The molecule has 1 unspecified atom stereocenters. The highest BCUT2D eigenvalue weighted by Gasteiger charge is 2.27. The Morgan fingerprint density at radius 1 is 1.21 bits per heavy atom. The molecule has 4 rings (SSSR count). The van der Waals surface area contributed by atoms with Crippen molar-refractivity contribution in [3.63, 3.8) is 0 Å². The van der Waals surface area contributed by atoms with Gasteiger partial charge in [0.2, 0.25) is 5.91 Å². The first-order valence-electron chi connectivity index (χ1n) is 12.0. The Kier molecular flexibility index (Phi) is 7.49. The van der Waals surface area contributed by atoms with Crippen molar-refractivity contribution in [3.8, 4) is 11.5 Å². The van der Waals surface area contributed by atoms with Crippen LogP contribution in [-0.4, -0.2) is 75.4 Å². The van der Waals surface area contributed by atoms with Gasteiger partial charge in [-0.3, -0.25) is 9.69 Å². The lowest BCUT2D eigenvalue weighted by molar-refractivity contribution is -0.127. The monoisotopic (exact) mass is 456 g/mol. The molecule has 180 valence electrons. The molecule has 9 heteroatoms. The fourth-order valence-corrected chi connectivity index (χ4v) is 4.72. The van der Waals surface area contributed by atoms with E-state index in [0.717, 1.165) is 75.7 Å². The molecule has 1 aromatic carbocycles. The van der Waals surface area contributed by atoms with Gasteiger partial charge < -0.3 is 24.6 Å². The molecule has 1 saturated heterocycles. The lowest BCUT2D eigenvalue weighted by Crippen LogP contribution is -2.40. The fraction of sp³-hybridized carbons (Fsp3) is 0.625. The molecule has 2 aliphatic rings. The molecule has 9 nitrogen and oxygen atoms in total. The van der Waals surface area contributed by atoms with Gasteiger partial charge in [-0.1, -0.05) is 6.07 Å². The number of amides is 1. The summed E-state index contributed by atoms with van der Waals surface area (Å²) in [6.07, 6.45) is 2.62. The van der Waals surface area contributed by atoms with Crippen molar-refractivity contribution in [3.05, 3.63) is 35.4 Å². The first-order chi connectivity index (χ1) is 15.9. The highest BCUT2D eigenvalue weighted by atomic mass is 16.5. The highest BCUT2D eigenvalue weighted by molar-refractivity contribution is 5.79. The third-order valence-corrected chi connectivity index (χ3v) is 6.71. The molecule has 1 aromatic heterocycles. The van der Waals surface area contributed by atoms with Crippen molar-refractivity contribution in [1.82, 2.24) is 29.9 Å². The van der Waals surface area contributed by atoms with Gasteiger partial charge in [-0.15, -0.1) is 10.2 Å². The van der Waals surface area contributed by atoms with Gasteiger partial charge in [0, 0.05) is 38.5 Å². The number of phenolic OH excluding ortho intramolecular Hbond substituents is 1. The molecular weight excluding hydrogens is 420 g/mol. The molecule has 1 amide bonds. The number of phenols is 1. The van der Waals surface area contributed by atoms with Gasteiger partial charge in [0.05, 0.1) is 12.6 Å². The van der Waals surface area contributed by atoms with E-state index in [0.29, 0.717) is 12.4 Å². The number of aromatic hydroxyl groups is 1. The Bertz CT molecular complexity index is 954. The number of likely N-dealkylation sites (tertiary alicyclic amines) is 1. The van der Waals surface area contributed by atoms with Crippen LogP contribution < -0.4 is 10.1 Å². The molecule has 0 aliphatic carbocycles. The van der Waals surface area contributed by atoms with Crippen LogP contribution in [0.5, 0.6) is 11.5 Å². The molecule has 33 heavy (non-hydrogen) atoms. The molecular formula is C24H36N6O3. The minimum Gasteiger partial charge on any atom is -0.504 e. The van der Waals surface area contributed by atoms with E-state index in [9.17, 15) is 9.90 Å². The average Bonchev–Trinajstić information content (AvgIpc) is 3.11. The van der Waals surface area contributed by atoms with Crippen molar-refractivity contribution >= 4 is 5.91 Å². The van der Waals surface area contributed by atoms with Gasteiger partial charge >= 0.3 is 0 Å². The summed E-state index contributed by atoms with van der Waals surface area (Å²) < 4.78 is 7.69. The van der Waals surface area contributed by atoms with E-state index in [-0.39, 0.29) is 23.6 Å². The highest BCUT2D eigenvalue weighted by Crippen LogP contribution is 2.28. The fourth-order valence-electron chi connectivity index (χ4n) is 4.72. The summed E-state index contributed by atoms with van der Waals surface area (Å²) in [4.78, 5) is 17.4. The number of nitrogens with zero attached hydrogens (tertiary/aromatic N) is 5. The van der Waals surface area contributed by atoms with E-state index in [1.54, 1.807) is 6.07 Å². The molecule has 2 N–H and O–H groups in total. The van der Waals surface area contributed by atoms with Crippen molar-refractivity contribution in [2.24, 2.45) is 5.92 Å². The third-order valence-electron chi connectivity index (χ3n) is 6.71. The average molecular weight is 457 g/mol. The Balaban J connectivity index is 1.36. The second kappa shape index (κ2) is 10.5. The van der Waals surface area contributed by atoms with E-state index in [1.807, 2.05) is 26.0 Å². The quantitative estimate of drug-likeness (QED) is 0.658. The number of piperidine rings is 1. The number of benzene rings is 1. The number of carbonyl (C=O) groups excluding carboxylic acids is 1.